The molecule has 6 nitrogen and oxygen atoms in total. The maximum Gasteiger partial charge on any atom is 0.257 e. The average molecular weight is 409 g/mol. The van der Waals surface area contributed by atoms with Gasteiger partial charge in [-0.2, -0.15) is 4.31 Å². The van der Waals surface area contributed by atoms with Gasteiger partial charge in [-0.05, 0) is 37.3 Å². The Balaban J connectivity index is 2.37. The van der Waals surface area contributed by atoms with E-state index in [0.717, 1.165) is 0 Å². The smallest absolute Gasteiger partial charge is 0.257 e. The number of nitrogens with one attached hydrogen (secondary N) is 1. The van der Waals surface area contributed by atoms with Crippen LogP contribution in [-0.4, -0.2) is 37.5 Å². The third kappa shape index (κ3) is 4.74. The molecule has 0 unspecified atom stereocenters. The molecule has 1 amide bonds. The van der Waals surface area contributed by atoms with E-state index >= 15 is 0 Å². The molecule has 0 aromatic heterocycles. The fourth-order valence-electron chi connectivity index (χ4n) is 2.57. The number of hydrogen-bond acceptors (Lipinski definition) is 4. The van der Waals surface area contributed by atoms with Gasteiger partial charge >= 0.3 is 0 Å². The van der Waals surface area contributed by atoms with Gasteiger partial charge in [-0.1, -0.05) is 37.6 Å². The summed E-state index contributed by atoms with van der Waals surface area (Å²) in [5, 5.41) is 2.78. The lowest BCUT2D eigenvalue weighted by atomic mass is 10.1. The lowest BCUT2D eigenvalue weighted by Crippen LogP contribution is -2.30. The number of Topliss-reactive ketones (excluding diaryl/α,β-unsaturated/α-hetero) is 1. The number of anilines is 1. The second-order valence-electron chi connectivity index (χ2n) is 5.82. The Morgan fingerprint density at radius 1 is 1.07 bits per heavy atom. The molecule has 0 atom stereocenters. The second-order valence-corrected chi connectivity index (χ2v) is 8.17. The van der Waals surface area contributed by atoms with Crippen molar-refractivity contribution in [1.29, 1.82) is 0 Å². The van der Waals surface area contributed by atoms with E-state index in [-0.39, 0.29) is 21.3 Å². The normalized spacial score (nSPS) is 11.4. The van der Waals surface area contributed by atoms with Crippen LogP contribution < -0.4 is 5.32 Å². The molecule has 0 aliphatic rings. The van der Waals surface area contributed by atoms with Crippen LogP contribution in [0.1, 0.15) is 41.5 Å². The van der Waals surface area contributed by atoms with Crippen molar-refractivity contribution in [3.8, 4) is 0 Å². The zero-order valence-corrected chi connectivity index (χ0v) is 16.9. The molecule has 0 aliphatic carbocycles. The van der Waals surface area contributed by atoms with Crippen LogP contribution in [0.4, 0.5) is 5.69 Å². The van der Waals surface area contributed by atoms with Crippen molar-refractivity contribution >= 4 is 39.0 Å². The number of hydrogen-bond donors (Lipinski definition) is 1. The third-order valence-corrected chi connectivity index (χ3v) is 6.43. The van der Waals surface area contributed by atoms with Crippen LogP contribution in [0.25, 0.3) is 0 Å². The monoisotopic (exact) mass is 408 g/mol. The van der Waals surface area contributed by atoms with Gasteiger partial charge in [-0.15, -0.1) is 0 Å². The van der Waals surface area contributed by atoms with Crippen LogP contribution in [-0.2, 0) is 10.0 Å². The van der Waals surface area contributed by atoms with E-state index in [1.165, 1.54) is 29.4 Å². The highest BCUT2D eigenvalue weighted by Gasteiger charge is 2.24. The molecule has 1 N–H and O–H groups in total. The second kappa shape index (κ2) is 8.65. The molecule has 0 saturated heterocycles. The van der Waals surface area contributed by atoms with Gasteiger partial charge in [0, 0.05) is 24.3 Å². The van der Waals surface area contributed by atoms with Gasteiger partial charge in [-0.25, -0.2) is 8.42 Å². The van der Waals surface area contributed by atoms with Gasteiger partial charge in [0.2, 0.25) is 10.0 Å². The van der Waals surface area contributed by atoms with Gasteiger partial charge in [0.15, 0.2) is 5.78 Å². The number of sulfonamides is 1. The molecule has 144 valence electrons. The summed E-state index contributed by atoms with van der Waals surface area (Å²) in [6.45, 7) is 5.56. The van der Waals surface area contributed by atoms with Gasteiger partial charge < -0.3 is 5.32 Å². The quantitative estimate of drug-likeness (QED) is 0.706. The zero-order chi connectivity index (χ0) is 20.2. The predicted molar refractivity (Wildman–Crippen MR) is 106 cm³/mol. The first-order chi connectivity index (χ1) is 12.7. The molecule has 2 rings (SSSR count). The Morgan fingerprint density at radius 2 is 1.74 bits per heavy atom. The standard InChI is InChI=1S/C19H21ClN2O4S/c1-4-22(5-2)27(25,26)16-9-10-18(20)17(12-16)19(24)21-15-8-6-7-14(11-15)13(3)23/h6-12H,4-5H2,1-3H3,(H,21,24). The molecule has 0 fully saturated rings. The minimum absolute atomic E-state index is 0.00163. The number of rotatable bonds is 7. The van der Waals surface area contributed by atoms with Crippen molar-refractivity contribution in [2.45, 2.75) is 25.7 Å². The SMILES string of the molecule is CCN(CC)S(=O)(=O)c1ccc(Cl)c(C(=O)Nc2cccc(C(C)=O)c2)c1. The maximum atomic E-state index is 12.7. The average Bonchev–Trinajstić information content (AvgIpc) is 2.62. The summed E-state index contributed by atoms with van der Waals surface area (Å²) in [6, 6.07) is 10.5. The van der Waals surface area contributed by atoms with Crippen LogP contribution in [0.15, 0.2) is 47.4 Å². The summed E-state index contributed by atoms with van der Waals surface area (Å²) < 4.78 is 26.6. The summed E-state index contributed by atoms with van der Waals surface area (Å²) in [7, 11) is -3.71. The summed E-state index contributed by atoms with van der Waals surface area (Å²) in [5.74, 6) is -0.686. The highest BCUT2D eigenvalue weighted by molar-refractivity contribution is 7.89. The van der Waals surface area contributed by atoms with Crippen LogP contribution >= 0.6 is 11.6 Å². The molecule has 27 heavy (non-hydrogen) atoms. The van der Waals surface area contributed by atoms with E-state index in [9.17, 15) is 18.0 Å². The molecule has 0 saturated carbocycles. The summed E-state index contributed by atoms with van der Waals surface area (Å²) in [5.41, 5.74) is 0.913. The Bertz CT molecular complexity index is 969. The molecule has 0 radical (unpaired) electrons. The fourth-order valence-corrected chi connectivity index (χ4v) is 4.25. The predicted octanol–water partition coefficient (Wildman–Crippen LogP) is 3.83. The number of benzene rings is 2. The van der Waals surface area contributed by atoms with E-state index < -0.39 is 15.9 Å². The number of ketones is 1. The highest BCUT2D eigenvalue weighted by atomic mass is 35.5. The largest absolute Gasteiger partial charge is 0.322 e. The number of carbonyl (C=O) groups excluding carboxylic acids is 2. The van der Waals surface area contributed by atoms with E-state index in [1.807, 2.05) is 0 Å². The van der Waals surface area contributed by atoms with Crippen molar-refractivity contribution in [3.05, 3.63) is 58.6 Å². The molecule has 2 aromatic rings. The first kappa shape index (κ1) is 21.1. The maximum absolute atomic E-state index is 12.7. The van der Waals surface area contributed by atoms with E-state index in [4.69, 9.17) is 11.6 Å². The number of amides is 1. The van der Waals surface area contributed by atoms with Crippen molar-refractivity contribution in [3.63, 3.8) is 0 Å². The summed E-state index contributed by atoms with van der Waals surface area (Å²) >= 11 is 6.11. The molecule has 0 aliphatic heterocycles. The molecule has 0 bridgehead atoms. The summed E-state index contributed by atoms with van der Waals surface area (Å²) in [6.07, 6.45) is 0. The first-order valence-electron chi connectivity index (χ1n) is 8.42. The minimum Gasteiger partial charge on any atom is -0.322 e. The van der Waals surface area contributed by atoms with Gasteiger partial charge in [0.25, 0.3) is 5.91 Å². The van der Waals surface area contributed by atoms with Crippen LogP contribution in [0.3, 0.4) is 0 Å². The Hall–Kier alpha value is -2.22. The Kier molecular flexibility index (Phi) is 6.75. The van der Waals surface area contributed by atoms with E-state index in [0.29, 0.717) is 24.3 Å². The number of carbonyl (C=O) groups is 2. The fraction of sp³-hybridized carbons (Fsp3) is 0.263. The lowest BCUT2D eigenvalue weighted by molar-refractivity contribution is 0.101. The lowest BCUT2D eigenvalue weighted by Gasteiger charge is -2.19. The van der Waals surface area contributed by atoms with Crippen LogP contribution in [0, 0.1) is 0 Å². The van der Waals surface area contributed by atoms with E-state index in [2.05, 4.69) is 5.32 Å². The zero-order valence-electron chi connectivity index (χ0n) is 15.3. The molecule has 8 heteroatoms. The molecular weight excluding hydrogens is 388 g/mol. The van der Waals surface area contributed by atoms with Gasteiger partial charge in [0.1, 0.15) is 0 Å². The molecular formula is C19H21ClN2O4S. The Labute approximate surface area is 164 Å². The van der Waals surface area contributed by atoms with Crippen LogP contribution in [0.5, 0.6) is 0 Å². The molecule has 0 heterocycles. The summed E-state index contributed by atoms with van der Waals surface area (Å²) in [4.78, 5) is 24.1. The van der Waals surface area contributed by atoms with Crippen molar-refractivity contribution in [2.75, 3.05) is 18.4 Å². The van der Waals surface area contributed by atoms with Crippen molar-refractivity contribution in [1.82, 2.24) is 4.31 Å². The topological polar surface area (TPSA) is 83.6 Å². The minimum atomic E-state index is -3.71. The van der Waals surface area contributed by atoms with E-state index in [1.54, 1.807) is 38.1 Å². The van der Waals surface area contributed by atoms with Gasteiger partial charge in [-0.3, -0.25) is 9.59 Å². The molecule has 2 aromatic carbocycles. The first-order valence-corrected chi connectivity index (χ1v) is 10.2. The number of nitrogens with zero attached hydrogens (tertiary/aromatic N) is 1. The third-order valence-electron chi connectivity index (χ3n) is 4.05. The van der Waals surface area contributed by atoms with Crippen molar-refractivity contribution in [2.24, 2.45) is 0 Å². The van der Waals surface area contributed by atoms with Crippen LogP contribution in [0.2, 0.25) is 5.02 Å². The molecule has 0 spiro atoms. The van der Waals surface area contributed by atoms with Crippen molar-refractivity contribution < 1.29 is 18.0 Å². The number of halogens is 1. The highest BCUT2D eigenvalue weighted by Crippen LogP contribution is 2.24. The Morgan fingerprint density at radius 3 is 2.33 bits per heavy atom. The van der Waals surface area contributed by atoms with Gasteiger partial charge in [0.05, 0.1) is 15.5 Å².